The van der Waals surface area contributed by atoms with Crippen molar-refractivity contribution in [1.82, 2.24) is 0 Å². The molecule has 0 aliphatic carbocycles. The molecule has 18 heavy (non-hydrogen) atoms. The smallest absolute Gasteiger partial charge is 0.411 e. The molecule has 2 rings (SSSR count). The molecule has 1 aliphatic heterocycles. The van der Waals surface area contributed by atoms with Gasteiger partial charge in [-0.25, -0.2) is 4.79 Å². The maximum atomic E-state index is 11.3. The molecule has 0 unspecified atom stereocenters. The SMILES string of the molecule is CCOC(=O)Nc1cc2c(cc1N)OCC(=O)N2. The van der Waals surface area contributed by atoms with Crippen molar-refractivity contribution in [2.75, 3.05) is 29.6 Å². The van der Waals surface area contributed by atoms with Crippen LogP contribution < -0.4 is 21.1 Å². The number of benzene rings is 1. The number of anilines is 3. The molecule has 0 aromatic heterocycles. The van der Waals surface area contributed by atoms with Gasteiger partial charge in [-0.15, -0.1) is 0 Å². The highest BCUT2D eigenvalue weighted by Crippen LogP contribution is 2.35. The third-order valence-electron chi connectivity index (χ3n) is 2.30. The Labute approximate surface area is 103 Å². The molecule has 2 amide bonds. The highest BCUT2D eigenvalue weighted by Gasteiger charge is 2.18. The minimum atomic E-state index is -0.604. The molecule has 0 saturated heterocycles. The van der Waals surface area contributed by atoms with Gasteiger partial charge in [0.25, 0.3) is 5.91 Å². The van der Waals surface area contributed by atoms with Crippen molar-refractivity contribution in [2.45, 2.75) is 6.92 Å². The second-order valence-electron chi connectivity index (χ2n) is 3.62. The molecule has 0 bridgehead atoms. The summed E-state index contributed by atoms with van der Waals surface area (Å²) in [5.74, 6) is 0.218. The number of nitrogens with two attached hydrogens (primary N) is 1. The zero-order valence-corrected chi connectivity index (χ0v) is 9.78. The third kappa shape index (κ3) is 2.45. The Bertz CT molecular complexity index is 501. The summed E-state index contributed by atoms with van der Waals surface area (Å²) in [6.07, 6.45) is -0.604. The van der Waals surface area contributed by atoms with Gasteiger partial charge in [-0.05, 0) is 13.0 Å². The van der Waals surface area contributed by atoms with Crippen molar-refractivity contribution in [3.05, 3.63) is 12.1 Å². The molecule has 0 saturated carbocycles. The fraction of sp³-hybridized carbons (Fsp3) is 0.273. The van der Waals surface area contributed by atoms with Crippen molar-refractivity contribution < 1.29 is 19.1 Å². The van der Waals surface area contributed by atoms with E-state index in [4.69, 9.17) is 15.2 Å². The zero-order chi connectivity index (χ0) is 13.1. The van der Waals surface area contributed by atoms with Crippen LogP contribution in [-0.4, -0.2) is 25.2 Å². The molecule has 7 heteroatoms. The Morgan fingerprint density at radius 2 is 2.39 bits per heavy atom. The number of carbonyl (C=O) groups is 2. The van der Waals surface area contributed by atoms with Gasteiger partial charge in [0.2, 0.25) is 0 Å². The van der Waals surface area contributed by atoms with Crippen LogP contribution in [0.15, 0.2) is 12.1 Å². The van der Waals surface area contributed by atoms with Gasteiger partial charge in [0.1, 0.15) is 5.75 Å². The Morgan fingerprint density at radius 1 is 1.61 bits per heavy atom. The third-order valence-corrected chi connectivity index (χ3v) is 2.30. The van der Waals surface area contributed by atoms with Crippen LogP contribution in [0.3, 0.4) is 0 Å². The standard InChI is InChI=1S/C11H13N3O4/c1-2-17-11(16)14-7-4-8-9(3-6(7)12)18-5-10(15)13-8/h3-4H,2,5,12H2,1H3,(H,13,15)(H,14,16). The summed E-state index contributed by atoms with van der Waals surface area (Å²) in [6.45, 7) is 1.91. The Morgan fingerprint density at radius 3 is 3.11 bits per heavy atom. The van der Waals surface area contributed by atoms with E-state index in [0.29, 0.717) is 22.8 Å². The average Bonchev–Trinajstić information content (AvgIpc) is 2.31. The first-order valence-corrected chi connectivity index (χ1v) is 5.40. The lowest BCUT2D eigenvalue weighted by molar-refractivity contribution is -0.118. The van der Waals surface area contributed by atoms with E-state index in [9.17, 15) is 9.59 Å². The van der Waals surface area contributed by atoms with Crippen LogP contribution in [0.1, 0.15) is 6.92 Å². The first-order chi connectivity index (χ1) is 8.60. The monoisotopic (exact) mass is 251 g/mol. The first kappa shape index (κ1) is 12.0. The van der Waals surface area contributed by atoms with Gasteiger partial charge in [-0.3, -0.25) is 10.1 Å². The van der Waals surface area contributed by atoms with Crippen molar-refractivity contribution in [1.29, 1.82) is 0 Å². The van der Waals surface area contributed by atoms with E-state index >= 15 is 0 Å². The summed E-state index contributed by atoms with van der Waals surface area (Å²) >= 11 is 0. The lowest BCUT2D eigenvalue weighted by atomic mass is 10.2. The van der Waals surface area contributed by atoms with Crippen molar-refractivity contribution in [3.63, 3.8) is 0 Å². The van der Waals surface area contributed by atoms with Gasteiger partial charge in [-0.2, -0.15) is 0 Å². The van der Waals surface area contributed by atoms with Crippen LogP contribution in [0.25, 0.3) is 0 Å². The van der Waals surface area contributed by atoms with Gasteiger partial charge >= 0.3 is 6.09 Å². The molecule has 0 atom stereocenters. The summed E-state index contributed by atoms with van der Waals surface area (Å²) in [6, 6.07) is 3.06. The van der Waals surface area contributed by atoms with Crippen LogP contribution in [0.4, 0.5) is 21.9 Å². The van der Waals surface area contributed by atoms with Crippen molar-refractivity contribution in [3.8, 4) is 5.75 Å². The number of amides is 2. The molecule has 1 aromatic carbocycles. The van der Waals surface area contributed by atoms with Gasteiger partial charge in [-0.1, -0.05) is 0 Å². The summed E-state index contributed by atoms with van der Waals surface area (Å²) in [7, 11) is 0. The zero-order valence-electron chi connectivity index (χ0n) is 9.78. The van der Waals surface area contributed by atoms with Crippen LogP contribution >= 0.6 is 0 Å². The molecular formula is C11H13N3O4. The fourth-order valence-electron chi connectivity index (χ4n) is 1.53. The number of rotatable bonds is 2. The minimum Gasteiger partial charge on any atom is -0.482 e. The molecular weight excluding hydrogens is 238 g/mol. The maximum Gasteiger partial charge on any atom is 0.411 e. The number of carbonyl (C=O) groups excluding carboxylic acids is 2. The van der Waals surface area contributed by atoms with Crippen LogP contribution in [0.5, 0.6) is 5.75 Å². The summed E-state index contributed by atoms with van der Waals surface area (Å²) in [5, 5.41) is 5.10. The highest BCUT2D eigenvalue weighted by molar-refractivity contribution is 5.98. The number of hydrogen-bond donors (Lipinski definition) is 3. The van der Waals surface area contributed by atoms with Crippen molar-refractivity contribution >= 4 is 29.1 Å². The number of nitrogen functional groups attached to an aromatic ring is 1. The quantitative estimate of drug-likeness (QED) is 0.684. The number of fused-ring (bicyclic) bond motifs is 1. The lowest BCUT2D eigenvalue weighted by Gasteiger charge is -2.19. The van der Waals surface area contributed by atoms with E-state index in [-0.39, 0.29) is 19.1 Å². The van der Waals surface area contributed by atoms with Crippen LogP contribution in [0, 0.1) is 0 Å². The molecule has 0 radical (unpaired) electrons. The first-order valence-electron chi connectivity index (χ1n) is 5.40. The van der Waals surface area contributed by atoms with E-state index in [0.717, 1.165) is 0 Å². The molecule has 96 valence electrons. The Hall–Kier alpha value is -2.44. The fourth-order valence-corrected chi connectivity index (χ4v) is 1.53. The predicted molar refractivity (Wildman–Crippen MR) is 65.6 cm³/mol. The van der Waals surface area contributed by atoms with E-state index in [2.05, 4.69) is 10.6 Å². The van der Waals surface area contributed by atoms with E-state index in [1.165, 1.54) is 12.1 Å². The van der Waals surface area contributed by atoms with Crippen LogP contribution in [-0.2, 0) is 9.53 Å². The Balaban J connectivity index is 2.24. The van der Waals surface area contributed by atoms with Gasteiger partial charge in [0.15, 0.2) is 6.61 Å². The molecule has 7 nitrogen and oxygen atoms in total. The topological polar surface area (TPSA) is 103 Å². The maximum absolute atomic E-state index is 11.3. The number of nitrogens with one attached hydrogen (secondary N) is 2. The molecule has 0 spiro atoms. The number of hydrogen-bond acceptors (Lipinski definition) is 5. The lowest BCUT2D eigenvalue weighted by Crippen LogP contribution is -2.25. The summed E-state index contributed by atoms with van der Waals surface area (Å²) in [4.78, 5) is 22.5. The van der Waals surface area contributed by atoms with E-state index in [1.807, 2.05) is 0 Å². The second kappa shape index (κ2) is 4.82. The van der Waals surface area contributed by atoms with E-state index in [1.54, 1.807) is 6.92 Å². The van der Waals surface area contributed by atoms with Crippen LogP contribution in [0.2, 0.25) is 0 Å². The van der Waals surface area contributed by atoms with Gasteiger partial charge in [0, 0.05) is 6.07 Å². The number of ether oxygens (including phenoxy) is 2. The highest BCUT2D eigenvalue weighted by atomic mass is 16.5. The van der Waals surface area contributed by atoms with E-state index < -0.39 is 6.09 Å². The summed E-state index contributed by atoms with van der Waals surface area (Å²) < 4.78 is 9.93. The van der Waals surface area contributed by atoms with Gasteiger partial charge in [0.05, 0.1) is 23.7 Å². The minimum absolute atomic E-state index is 0.0446. The molecule has 1 aromatic rings. The van der Waals surface area contributed by atoms with Crippen molar-refractivity contribution in [2.24, 2.45) is 0 Å². The average molecular weight is 251 g/mol. The molecule has 4 N–H and O–H groups in total. The molecule has 0 fully saturated rings. The largest absolute Gasteiger partial charge is 0.482 e. The Kier molecular flexibility index (Phi) is 3.22. The summed E-state index contributed by atoms with van der Waals surface area (Å²) in [5.41, 5.74) is 6.92. The van der Waals surface area contributed by atoms with Gasteiger partial charge < -0.3 is 20.5 Å². The molecule has 1 aliphatic rings. The molecule has 1 heterocycles. The predicted octanol–water partition coefficient (Wildman–Crippen LogP) is 1.17. The second-order valence-corrected chi connectivity index (χ2v) is 3.62. The normalized spacial score (nSPS) is 13.1.